The number of amides is 2. The molecule has 0 saturated carbocycles. The van der Waals surface area contributed by atoms with Crippen molar-refractivity contribution in [2.45, 2.75) is 24.7 Å². The zero-order valence-electron chi connectivity index (χ0n) is 13.4. The maximum absolute atomic E-state index is 12.2. The summed E-state index contributed by atoms with van der Waals surface area (Å²) in [6.45, 7) is 6.59. The average Bonchev–Trinajstić information content (AvgIpc) is 3.22. The van der Waals surface area contributed by atoms with Crippen LogP contribution in [0.25, 0.3) is 0 Å². The van der Waals surface area contributed by atoms with E-state index in [9.17, 15) is 9.59 Å². The largest absolute Gasteiger partial charge is 0.377 e. The minimum Gasteiger partial charge on any atom is -0.377 e. The van der Waals surface area contributed by atoms with Crippen LogP contribution in [0.3, 0.4) is 0 Å². The number of thioether (sulfide) groups is 1. The molecule has 6 heteroatoms. The maximum Gasteiger partial charge on any atom is 0.261 e. The number of carbonyl (C=O) groups is 2. The van der Waals surface area contributed by atoms with Gasteiger partial charge in [0.1, 0.15) is 5.60 Å². The van der Waals surface area contributed by atoms with Gasteiger partial charge >= 0.3 is 0 Å². The van der Waals surface area contributed by atoms with E-state index >= 15 is 0 Å². The van der Waals surface area contributed by atoms with Gasteiger partial charge in [0, 0.05) is 17.5 Å². The van der Waals surface area contributed by atoms with Crippen molar-refractivity contribution in [3.63, 3.8) is 0 Å². The summed E-state index contributed by atoms with van der Waals surface area (Å²) in [5.41, 5.74) is 0.943. The number of nitrogens with zero attached hydrogens (tertiary/aromatic N) is 1. The molecular weight excluding hydrogens is 314 g/mol. The number of ether oxygens (including phenoxy) is 2. The van der Waals surface area contributed by atoms with Gasteiger partial charge in [-0.1, -0.05) is 19.1 Å². The van der Waals surface area contributed by atoms with Gasteiger partial charge in [-0.25, -0.2) is 0 Å². The van der Waals surface area contributed by atoms with Crippen LogP contribution in [0.1, 0.15) is 34.6 Å². The first-order valence-electron chi connectivity index (χ1n) is 7.79. The van der Waals surface area contributed by atoms with Gasteiger partial charge in [0.2, 0.25) is 0 Å². The third kappa shape index (κ3) is 3.76. The van der Waals surface area contributed by atoms with Crippen LogP contribution < -0.4 is 0 Å². The van der Waals surface area contributed by atoms with Gasteiger partial charge in [0.25, 0.3) is 11.8 Å². The number of fused-ring (bicyclic) bond motifs is 1. The average molecular weight is 335 g/mol. The molecule has 0 aliphatic carbocycles. The first-order chi connectivity index (χ1) is 11.0. The van der Waals surface area contributed by atoms with Crippen LogP contribution in [0.4, 0.5) is 0 Å². The van der Waals surface area contributed by atoms with E-state index in [4.69, 9.17) is 9.47 Å². The second-order valence-corrected chi connectivity index (χ2v) is 7.79. The molecule has 2 aliphatic rings. The van der Waals surface area contributed by atoms with Gasteiger partial charge in [-0.2, -0.15) is 11.8 Å². The highest BCUT2D eigenvalue weighted by Crippen LogP contribution is 2.26. The summed E-state index contributed by atoms with van der Waals surface area (Å²) < 4.78 is 10.9. The highest BCUT2D eigenvalue weighted by atomic mass is 32.2. The molecule has 23 heavy (non-hydrogen) atoms. The first kappa shape index (κ1) is 16.5. The molecule has 2 atom stereocenters. The Morgan fingerprint density at radius 2 is 1.91 bits per heavy atom. The highest BCUT2D eigenvalue weighted by Gasteiger charge is 2.39. The standard InChI is InChI=1S/C17H21NO4S/c1-12(9-21-10-17(2)11-22-17)23-8-7-18-15(19)13-5-3-4-6-14(13)16(18)20/h3-6,12H,7-11H2,1-2H3. The van der Waals surface area contributed by atoms with Crippen molar-refractivity contribution in [3.05, 3.63) is 35.4 Å². The molecule has 0 spiro atoms. The Hall–Kier alpha value is -1.37. The fourth-order valence-corrected chi connectivity index (χ4v) is 3.37. The molecule has 0 aromatic heterocycles. The van der Waals surface area contributed by atoms with Gasteiger partial charge < -0.3 is 9.47 Å². The third-order valence-corrected chi connectivity index (χ3v) is 5.12. The van der Waals surface area contributed by atoms with Gasteiger partial charge in [-0.05, 0) is 19.1 Å². The summed E-state index contributed by atoms with van der Waals surface area (Å²) in [6.07, 6.45) is 0. The van der Waals surface area contributed by atoms with E-state index in [-0.39, 0.29) is 17.4 Å². The Morgan fingerprint density at radius 3 is 2.48 bits per heavy atom. The monoisotopic (exact) mass is 335 g/mol. The van der Waals surface area contributed by atoms with Crippen molar-refractivity contribution in [2.24, 2.45) is 0 Å². The lowest BCUT2D eigenvalue weighted by Crippen LogP contribution is -2.32. The maximum atomic E-state index is 12.2. The fraction of sp³-hybridized carbons (Fsp3) is 0.529. The van der Waals surface area contributed by atoms with E-state index in [1.807, 2.05) is 6.92 Å². The van der Waals surface area contributed by atoms with Crippen molar-refractivity contribution in [1.82, 2.24) is 4.90 Å². The topological polar surface area (TPSA) is 59.1 Å². The summed E-state index contributed by atoms with van der Waals surface area (Å²) in [5.74, 6) is 0.340. The molecule has 2 unspecified atom stereocenters. The van der Waals surface area contributed by atoms with Gasteiger partial charge in [0.05, 0.1) is 30.9 Å². The Balaban J connectivity index is 1.41. The summed E-state index contributed by atoms with van der Waals surface area (Å²) in [5, 5.41) is 0.313. The first-order valence-corrected chi connectivity index (χ1v) is 8.84. The van der Waals surface area contributed by atoms with E-state index in [2.05, 4.69) is 6.92 Å². The fourth-order valence-electron chi connectivity index (χ4n) is 2.48. The molecule has 5 nitrogen and oxygen atoms in total. The van der Waals surface area contributed by atoms with Crippen molar-refractivity contribution in [2.75, 3.05) is 32.1 Å². The lowest BCUT2D eigenvalue weighted by molar-refractivity contribution is 0.0664. The Bertz CT molecular complexity index is 579. The Morgan fingerprint density at radius 1 is 1.30 bits per heavy atom. The molecule has 3 rings (SSSR count). The number of carbonyl (C=O) groups excluding carboxylic acids is 2. The molecule has 1 aromatic rings. The van der Waals surface area contributed by atoms with Crippen LogP contribution in [-0.2, 0) is 9.47 Å². The van der Waals surface area contributed by atoms with E-state index < -0.39 is 0 Å². The normalized spacial score (nSPS) is 24.0. The van der Waals surface area contributed by atoms with Gasteiger partial charge in [-0.15, -0.1) is 0 Å². The number of rotatable bonds is 8. The second-order valence-electron chi connectivity index (χ2n) is 6.24. The Kier molecular flexibility index (Phi) is 4.75. The Labute approximate surface area is 140 Å². The number of epoxide rings is 1. The van der Waals surface area contributed by atoms with Crippen LogP contribution in [0.15, 0.2) is 24.3 Å². The van der Waals surface area contributed by atoms with Gasteiger partial charge in [0.15, 0.2) is 0 Å². The van der Waals surface area contributed by atoms with Crippen LogP contribution in [0.2, 0.25) is 0 Å². The smallest absolute Gasteiger partial charge is 0.261 e. The van der Waals surface area contributed by atoms with Crippen molar-refractivity contribution >= 4 is 23.6 Å². The zero-order valence-corrected chi connectivity index (χ0v) is 14.2. The van der Waals surface area contributed by atoms with E-state index in [0.29, 0.717) is 41.9 Å². The zero-order chi connectivity index (χ0) is 16.4. The van der Waals surface area contributed by atoms with Crippen LogP contribution in [-0.4, -0.2) is 59.7 Å². The lowest BCUT2D eigenvalue weighted by Gasteiger charge is -2.16. The number of benzene rings is 1. The minimum atomic E-state index is -0.186. The molecule has 2 amide bonds. The SMILES string of the molecule is CC(COCC1(C)CO1)SCCN1C(=O)c2ccccc2C1=O. The van der Waals surface area contributed by atoms with Crippen LogP contribution in [0, 0.1) is 0 Å². The van der Waals surface area contributed by atoms with Crippen molar-refractivity contribution < 1.29 is 19.1 Å². The predicted octanol–water partition coefficient (Wildman–Crippen LogP) is 2.21. The molecular formula is C17H21NO4S. The predicted molar refractivity (Wildman–Crippen MR) is 88.9 cm³/mol. The molecule has 1 saturated heterocycles. The number of hydrogen-bond acceptors (Lipinski definition) is 5. The molecule has 0 radical (unpaired) electrons. The number of imide groups is 1. The molecule has 0 N–H and O–H groups in total. The van der Waals surface area contributed by atoms with E-state index in [1.54, 1.807) is 36.0 Å². The summed E-state index contributed by atoms with van der Waals surface area (Å²) in [7, 11) is 0. The van der Waals surface area contributed by atoms with Crippen LogP contribution in [0.5, 0.6) is 0 Å². The molecule has 0 bridgehead atoms. The third-order valence-electron chi connectivity index (χ3n) is 3.99. The molecule has 2 heterocycles. The van der Waals surface area contributed by atoms with Crippen molar-refractivity contribution in [1.29, 1.82) is 0 Å². The van der Waals surface area contributed by atoms with E-state index in [0.717, 1.165) is 6.61 Å². The quantitative estimate of drug-likeness (QED) is 0.538. The highest BCUT2D eigenvalue weighted by molar-refractivity contribution is 7.99. The van der Waals surface area contributed by atoms with E-state index in [1.165, 1.54) is 4.90 Å². The lowest BCUT2D eigenvalue weighted by atomic mass is 10.1. The summed E-state index contributed by atoms with van der Waals surface area (Å²) in [4.78, 5) is 25.8. The second kappa shape index (κ2) is 6.63. The van der Waals surface area contributed by atoms with Crippen LogP contribution >= 0.6 is 11.8 Å². The number of hydrogen-bond donors (Lipinski definition) is 0. The molecule has 1 aromatic carbocycles. The molecule has 2 aliphatic heterocycles. The van der Waals surface area contributed by atoms with Gasteiger partial charge in [-0.3, -0.25) is 14.5 Å². The van der Waals surface area contributed by atoms with Crippen molar-refractivity contribution in [3.8, 4) is 0 Å². The summed E-state index contributed by atoms with van der Waals surface area (Å²) in [6, 6.07) is 6.98. The summed E-state index contributed by atoms with van der Waals surface area (Å²) >= 11 is 1.71. The molecule has 124 valence electrons. The minimum absolute atomic E-state index is 0.0788. The molecule has 1 fully saturated rings.